The average Bonchev–Trinajstić information content (AvgIpc) is 2.20. The van der Waals surface area contributed by atoms with Crippen molar-refractivity contribution in [2.75, 3.05) is 26.7 Å². The molecule has 0 spiro atoms. The fourth-order valence-electron chi connectivity index (χ4n) is 1.42. The van der Waals surface area contributed by atoms with Crippen molar-refractivity contribution in [1.29, 1.82) is 0 Å². The fourth-order valence-corrected chi connectivity index (χ4v) is 2.93. The van der Waals surface area contributed by atoms with E-state index in [1.165, 1.54) is 0 Å². The maximum atomic E-state index is 11.9. The molecule has 98 valence electrons. The van der Waals surface area contributed by atoms with E-state index in [1.807, 2.05) is 4.72 Å². The molecule has 1 amide bonds. The van der Waals surface area contributed by atoms with Gasteiger partial charge in [-0.3, -0.25) is 0 Å². The number of quaternary nitrogens is 1. The molecule has 2 N–H and O–H groups in total. The second-order valence-electron chi connectivity index (χ2n) is 3.08. The van der Waals surface area contributed by atoms with E-state index in [4.69, 9.17) is 0 Å². The Kier molecular flexibility index (Phi) is 7.30. The number of nitrogens with zero attached hydrogens (tertiary/aromatic N) is 1. The lowest BCUT2D eigenvalue weighted by Crippen LogP contribution is -2.58. The lowest BCUT2D eigenvalue weighted by molar-refractivity contribution is -0.801. The van der Waals surface area contributed by atoms with Gasteiger partial charge in [0, 0.05) is 0 Å². The summed E-state index contributed by atoms with van der Waals surface area (Å²) >= 11 is 0. The Balaban J connectivity index is 0. The number of hydrogen-bond acceptors (Lipinski definition) is 5. The molecule has 7 nitrogen and oxygen atoms in total. The highest BCUT2D eigenvalue weighted by Crippen LogP contribution is 2.12. The second kappa shape index (κ2) is 6.66. The summed E-state index contributed by atoms with van der Waals surface area (Å²) in [4.78, 5) is 10.9. The average molecular weight is 256 g/mol. The predicted molar refractivity (Wildman–Crippen MR) is 58.3 cm³/mol. The summed E-state index contributed by atoms with van der Waals surface area (Å²) in [6, 6.07) is 0. The van der Waals surface area contributed by atoms with Crippen LogP contribution in [0.25, 0.3) is 0 Å². The van der Waals surface area contributed by atoms with Gasteiger partial charge in [0.15, 0.2) is 0 Å². The molecule has 0 atom stereocenters. The van der Waals surface area contributed by atoms with Gasteiger partial charge in [-0.15, -0.1) is 0 Å². The van der Waals surface area contributed by atoms with Crippen LogP contribution in [0.4, 0.5) is 4.79 Å². The van der Waals surface area contributed by atoms with Crippen LogP contribution in [0.1, 0.15) is 20.8 Å². The zero-order valence-electron chi connectivity index (χ0n) is 10.1. The Hall–Kier alpha value is -0.860. The summed E-state index contributed by atoms with van der Waals surface area (Å²) in [6.45, 7) is 6.51. The zero-order chi connectivity index (χ0) is 12.1. The molecule has 0 aromatic carbocycles. The summed E-state index contributed by atoms with van der Waals surface area (Å²) in [7, 11) is -2.60. The van der Waals surface area contributed by atoms with E-state index >= 15 is 0 Å². The summed E-state index contributed by atoms with van der Waals surface area (Å²) < 4.78 is 29.7. The smallest absolute Gasteiger partial charge is 0.424 e. The van der Waals surface area contributed by atoms with E-state index in [1.54, 1.807) is 20.8 Å². The van der Waals surface area contributed by atoms with Crippen LogP contribution in [-0.4, -0.2) is 50.6 Å². The van der Waals surface area contributed by atoms with Crippen molar-refractivity contribution < 1.29 is 27.3 Å². The number of carbonyl (C=O) groups is 1. The summed E-state index contributed by atoms with van der Waals surface area (Å²) in [5.74, 6) is 0. The zero-order valence-corrected chi connectivity index (χ0v) is 10.9. The van der Waals surface area contributed by atoms with Crippen LogP contribution >= 0.6 is 0 Å². The molecule has 0 saturated heterocycles. The minimum Gasteiger partial charge on any atom is -0.870 e. The van der Waals surface area contributed by atoms with Gasteiger partial charge in [0.1, 0.15) is 0 Å². The van der Waals surface area contributed by atoms with Crippen LogP contribution in [0.3, 0.4) is 0 Å². The fraction of sp³-hybridized carbons (Fsp3) is 0.875. The van der Waals surface area contributed by atoms with Crippen LogP contribution in [-0.2, 0) is 14.9 Å². The number of amides is 1. The summed E-state index contributed by atoms with van der Waals surface area (Å²) in [5, 5.41) is 0. The third-order valence-corrected chi connectivity index (χ3v) is 4.86. The molecule has 16 heavy (non-hydrogen) atoms. The molecule has 0 aromatic heterocycles. The van der Waals surface area contributed by atoms with Gasteiger partial charge in [0.2, 0.25) is 0 Å². The van der Waals surface area contributed by atoms with Gasteiger partial charge in [0.05, 0.1) is 26.7 Å². The second-order valence-corrected chi connectivity index (χ2v) is 5.00. The molecule has 8 heteroatoms. The normalized spacial score (nSPS) is 11.5. The molecule has 0 aliphatic carbocycles. The number of hydrogen-bond donors (Lipinski definition) is 1. The van der Waals surface area contributed by atoms with Crippen molar-refractivity contribution in [2.24, 2.45) is 0 Å². The highest BCUT2D eigenvalue weighted by Gasteiger charge is 2.38. The number of nitrogens with one attached hydrogen (secondary N) is 1. The van der Waals surface area contributed by atoms with Gasteiger partial charge in [0.25, 0.3) is 0 Å². The maximum Gasteiger partial charge on any atom is 0.424 e. The Morgan fingerprint density at radius 3 is 1.81 bits per heavy atom. The summed E-state index contributed by atoms with van der Waals surface area (Å²) in [5.41, 5.74) is 0. The van der Waals surface area contributed by atoms with Gasteiger partial charge < -0.3 is 10.2 Å². The lowest BCUT2D eigenvalue weighted by Gasteiger charge is -2.32. The highest BCUT2D eigenvalue weighted by atomic mass is 32.2. The third kappa shape index (κ3) is 3.32. The van der Waals surface area contributed by atoms with Gasteiger partial charge in [-0.05, 0) is 20.8 Å². The molecule has 0 rings (SSSR count). The molecule has 0 saturated carbocycles. The minimum atomic E-state index is -3.73. The van der Waals surface area contributed by atoms with Gasteiger partial charge >= 0.3 is 16.3 Å². The third-order valence-electron chi connectivity index (χ3n) is 2.64. The van der Waals surface area contributed by atoms with E-state index in [2.05, 4.69) is 4.74 Å². The van der Waals surface area contributed by atoms with Crippen molar-refractivity contribution >= 4 is 16.3 Å². The monoisotopic (exact) mass is 256 g/mol. The van der Waals surface area contributed by atoms with E-state index < -0.39 is 16.3 Å². The SMILES string of the molecule is CC[N+](CC)(CC)S(=O)(=O)NC(=O)OC.[OH-]. The first kappa shape index (κ1) is 17.5. The summed E-state index contributed by atoms with van der Waals surface area (Å²) in [6.07, 6.45) is -0.951. The molecule has 0 bridgehead atoms. The molecule has 0 aromatic rings. The minimum absolute atomic E-state index is 0. The first-order chi connectivity index (χ1) is 6.89. The maximum absolute atomic E-state index is 11.9. The van der Waals surface area contributed by atoms with E-state index in [-0.39, 0.29) is 9.36 Å². The number of carbonyl (C=O) groups excluding carboxylic acids is 1. The van der Waals surface area contributed by atoms with Gasteiger partial charge in [-0.1, -0.05) is 0 Å². The predicted octanol–water partition coefficient (Wildman–Crippen LogP) is 0.287. The first-order valence-corrected chi connectivity index (χ1v) is 6.30. The van der Waals surface area contributed by atoms with E-state index in [0.717, 1.165) is 7.11 Å². The molecule has 0 aliphatic rings. The Morgan fingerprint density at radius 2 is 1.56 bits per heavy atom. The number of methoxy groups -OCH3 is 1. The van der Waals surface area contributed by atoms with E-state index in [9.17, 15) is 13.2 Å². The standard InChI is InChI=1S/C8H18N2O4S.H2O/c1-5-10(6-2,7-3)15(12,13)9-8(11)14-4;/h5-7H2,1-4H3;1H2. The molecular weight excluding hydrogens is 236 g/mol. The number of ether oxygens (including phenoxy) is 1. The van der Waals surface area contributed by atoms with Crippen LogP contribution in [0.15, 0.2) is 0 Å². The topological polar surface area (TPSA) is 102 Å². The van der Waals surface area contributed by atoms with E-state index in [0.29, 0.717) is 19.6 Å². The van der Waals surface area contributed by atoms with Gasteiger partial charge in [-0.25, -0.2) is 8.68 Å². The Labute approximate surface area is 96.5 Å². The highest BCUT2D eigenvalue weighted by molar-refractivity contribution is 7.84. The number of rotatable bonds is 5. The first-order valence-electron chi connectivity index (χ1n) is 4.86. The molecule has 0 aliphatic heterocycles. The van der Waals surface area contributed by atoms with Crippen molar-refractivity contribution in [3.63, 3.8) is 0 Å². The lowest BCUT2D eigenvalue weighted by atomic mass is 10.5. The van der Waals surface area contributed by atoms with Crippen LogP contribution in [0, 0.1) is 0 Å². The van der Waals surface area contributed by atoms with Crippen molar-refractivity contribution in [1.82, 2.24) is 4.72 Å². The van der Waals surface area contributed by atoms with Crippen LogP contribution in [0.5, 0.6) is 0 Å². The van der Waals surface area contributed by atoms with Crippen molar-refractivity contribution in [2.45, 2.75) is 20.8 Å². The van der Waals surface area contributed by atoms with Crippen molar-refractivity contribution in [3.05, 3.63) is 0 Å². The Bertz CT molecular complexity index is 302. The quantitative estimate of drug-likeness (QED) is 0.712. The van der Waals surface area contributed by atoms with Gasteiger partial charge in [-0.2, -0.15) is 13.1 Å². The Morgan fingerprint density at radius 1 is 1.19 bits per heavy atom. The largest absolute Gasteiger partial charge is 0.870 e. The molecule has 0 fully saturated rings. The molecule has 0 radical (unpaired) electrons. The molecule has 0 heterocycles. The van der Waals surface area contributed by atoms with Crippen LogP contribution in [0.2, 0.25) is 0 Å². The molecule has 0 unspecified atom stereocenters. The molecular formula is C8H20N2O5S. The van der Waals surface area contributed by atoms with Crippen molar-refractivity contribution in [3.8, 4) is 0 Å². The van der Waals surface area contributed by atoms with Crippen LogP contribution < -0.4 is 4.72 Å².